The second-order valence-corrected chi connectivity index (χ2v) is 12.5. The second kappa shape index (κ2) is 11.9. The van der Waals surface area contributed by atoms with Crippen LogP contribution in [0, 0.1) is 0 Å². The molecule has 0 aliphatic carbocycles. The molecule has 3 aromatic carbocycles. The van der Waals surface area contributed by atoms with Gasteiger partial charge in [0.05, 0.1) is 26.6 Å². The van der Waals surface area contributed by atoms with Crippen LogP contribution >= 0.6 is 0 Å². The molecule has 1 aliphatic rings. The highest BCUT2D eigenvalue weighted by atomic mass is 32.2. The van der Waals surface area contributed by atoms with Gasteiger partial charge in [-0.3, -0.25) is 15.2 Å². The quantitative estimate of drug-likeness (QED) is 0.246. The number of aromatic nitrogens is 3. The van der Waals surface area contributed by atoms with Gasteiger partial charge in [-0.2, -0.15) is 5.10 Å². The first-order valence-corrected chi connectivity index (χ1v) is 15.4. The van der Waals surface area contributed by atoms with Crippen LogP contribution < -0.4 is 20.3 Å². The first-order chi connectivity index (χ1) is 21.2. The monoisotopic (exact) mass is 613 g/mol. The van der Waals surface area contributed by atoms with E-state index in [9.17, 15) is 18.0 Å². The van der Waals surface area contributed by atoms with Crippen LogP contribution in [0.5, 0.6) is 5.88 Å². The summed E-state index contributed by atoms with van der Waals surface area (Å²) in [5.41, 5.74) is 1.83. The number of ether oxygens (including phenoxy) is 1. The smallest absolute Gasteiger partial charge is 0.393 e. The minimum atomic E-state index is -3.79. The Hall–Kier alpha value is -5.14. The van der Waals surface area contributed by atoms with E-state index in [2.05, 4.69) is 37.7 Å². The van der Waals surface area contributed by atoms with Gasteiger partial charge in [0.2, 0.25) is 15.7 Å². The number of benzene rings is 3. The lowest BCUT2D eigenvalue weighted by Gasteiger charge is -2.34. The summed E-state index contributed by atoms with van der Waals surface area (Å²) in [6, 6.07) is 21.3. The summed E-state index contributed by atoms with van der Waals surface area (Å²) in [5.74, 6) is -0.0580. The predicted molar refractivity (Wildman–Crippen MR) is 167 cm³/mol. The number of amides is 2. The third-order valence-corrected chi connectivity index (χ3v) is 9.34. The molecule has 1 aliphatic heterocycles. The van der Waals surface area contributed by atoms with Crippen LogP contribution in [-0.2, 0) is 16.9 Å². The Bertz CT molecular complexity index is 1940. The van der Waals surface area contributed by atoms with Crippen molar-refractivity contribution in [1.82, 2.24) is 19.7 Å². The van der Waals surface area contributed by atoms with E-state index in [1.54, 1.807) is 66.3 Å². The van der Waals surface area contributed by atoms with Crippen molar-refractivity contribution >= 4 is 49.9 Å². The number of sulfone groups is 1. The molecule has 0 atom stereocenters. The van der Waals surface area contributed by atoms with Crippen molar-refractivity contribution in [2.45, 2.75) is 9.79 Å². The number of aromatic amines is 1. The van der Waals surface area contributed by atoms with Crippen LogP contribution in [0.4, 0.5) is 22.0 Å². The van der Waals surface area contributed by atoms with Crippen molar-refractivity contribution in [2.75, 3.05) is 48.8 Å². The number of hydrogen-bond donors (Lipinski definition) is 3. The minimum Gasteiger partial charge on any atom is -0.393 e. The molecular formula is C31H31N7O5S. The van der Waals surface area contributed by atoms with Gasteiger partial charge < -0.3 is 24.4 Å². The Morgan fingerprint density at radius 3 is 2.36 bits per heavy atom. The zero-order chi connectivity index (χ0) is 30.8. The molecule has 12 nitrogen and oxygen atoms in total. The van der Waals surface area contributed by atoms with Crippen molar-refractivity contribution in [1.29, 1.82) is 0 Å². The highest BCUT2D eigenvalue weighted by Crippen LogP contribution is 2.30. The molecule has 2 amide bonds. The zero-order valence-corrected chi connectivity index (χ0v) is 25.0. The summed E-state index contributed by atoms with van der Waals surface area (Å²) in [6.07, 6.45) is 0.998. The van der Waals surface area contributed by atoms with Crippen LogP contribution in [0.15, 0.2) is 94.9 Å². The Morgan fingerprint density at radius 1 is 0.864 bits per heavy atom. The van der Waals surface area contributed by atoms with Gasteiger partial charge in [-0.25, -0.2) is 13.2 Å². The fourth-order valence-electron chi connectivity index (χ4n) is 5.04. The number of likely N-dealkylation sites (N-methyl/N-ethyl adjacent to an activating group) is 1. The molecule has 2 aromatic heterocycles. The van der Waals surface area contributed by atoms with Gasteiger partial charge in [-0.15, -0.1) is 0 Å². The minimum absolute atomic E-state index is 0.0652. The number of anilines is 3. The number of rotatable bonds is 7. The second-order valence-electron chi connectivity index (χ2n) is 10.5. The number of piperazine rings is 1. The molecular weight excluding hydrogens is 582 g/mol. The molecule has 1 saturated heterocycles. The molecule has 5 aromatic rings. The first kappa shape index (κ1) is 29.0. The maximum absolute atomic E-state index is 13.7. The average molecular weight is 614 g/mol. The van der Waals surface area contributed by atoms with Crippen molar-refractivity contribution in [2.24, 2.45) is 7.05 Å². The molecule has 0 saturated carbocycles. The first-order valence-electron chi connectivity index (χ1n) is 14.0. The number of fused-ring (bicyclic) bond motifs is 1. The topological polar surface area (TPSA) is 142 Å². The number of nitrogens with one attached hydrogen (secondary N) is 3. The van der Waals surface area contributed by atoms with Crippen LogP contribution in [-0.4, -0.2) is 73.3 Å². The number of nitrogens with zero attached hydrogens (tertiary/aromatic N) is 4. The third-order valence-electron chi connectivity index (χ3n) is 7.58. The SMILES string of the molecule is CN1CCN(c2ccc(C(=O)Nc3n[nH]c4ccc(S(=O)(=O)c5ccccc5)cc34)c(NC(=O)Oc3cccn3C)c2)CC1. The van der Waals surface area contributed by atoms with Gasteiger partial charge in [0, 0.05) is 56.6 Å². The molecule has 44 heavy (non-hydrogen) atoms. The standard InChI is InChI=1S/C31H31N7O5S/c1-36-15-17-38(18-16-36)21-10-12-24(27(19-21)32-31(40)43-28-9-6-14-37(28)2)30(39)33-29-25-20-23(11-13-26(25)34-35-29)44(41,42)22-7-4-3-5-8-22/h3-14,19-20H,15-18H2,1-2H3,(H,32,40)(H2,33,34,35,39). The zero-order valence-electron chi connectivity index (χ0n) is 24.1. The number of aryl methyl sites for hydroxylation is 1. The van der Waals surface area contributed by atoms with E-state index >= 15 is 0 Å². The van der Waals surface area contributed by atoms with Gasteiger partial charge in [-0.05, 0) is 61.6 Å². The lowest BCUT2D eigenvalue weighted by Crippen LogP contribution is -2.44. The molecule has 13 heteroatoms. The van der Waals surface area contributed by atoms with E-state index in [4.69, 9.17) is 4.74 Å². The molecule has 0 unspecified atom stereocenters. The van der Waals surface area contributed by atoms with Crippen LogP contribution in [0.2, 0.25) is 0 Å². The van der Waals surface area contributed by atoms with Gasteiger partial charge in [-0.1, -0.05) is 18.2 Å². The molecule has 226 valence electrons. The molecule has 0 spiro atoms. The highest BCUT2D eigenvalue weighted by Gasteiger charge is 2.23. The fourth-order valence-corrected chi connectivity index (χ4v) is 6.35. The predicted octanol–water partition coefficient (Wildman–Crippen LogP) is 4.35. The Kier molecular flexibility index (Phi) is 7.80. The summed E-state index contributed by atoms with van der Waals surface area (Å²) >= 11 is 0. The van der Waals surface area contributed by atoms with Crippen LogP contribution in [0.25, 0.3) is 10.9 Å². The molecule has 0 bridgehead atoms. The highest BCUT2D eigenvalue weighted by molar-refractivity contribution is 7.91. The van der Waals surface area contributed by atoms with Crippen molar-refractivity contribution < 1.29 is 22.7 Å². The van der Waals surface area contributed by atoms with Crippen molar-refractivity contribution in [3.05, 3.63) is 90.6 Å². The number of hydrogen-bond acceptors (Lipinski definition) is 8. The van der Waals surface area contributed by atoms with Crippen LogP contribution in [0.1, 0.15) is 10.4 Å². The maximum atomic E-state index is 13.7. The molecule has 6 rings (SSSR count). The normalized spacial score (nSPS) is 14.0. The Labute approximate surface area is 254 Å². The lowest BCUT2D eigenvalue weighted by molar-refractivity contribution is 0.102. The van der Waals surface area contributed by atoms with Gasteiger partial charge in [0.15, 0.2) is 5.82 Å². The van der Waals surface area contributed by atoms with Crippen molar-refractivity contribution in [3.8, 4) is 5.88 Å². The van der Waals surface area contributed by atoms with E-state index < -0.39 is 21.8 Å². The summed E-state index contributed by atoms with van der Waals surface area (Å²) < 4.78 is 33.6. The maximum Gasteiger partial charge on any atom is 0.418 e. The lowest BCUT2D eigenvalue weighted by atomic mass is 10.1. The van der Waals surface area contributed by atoms with E-state index in [1.807, 2.05) is 6.07 Å². The number of H-pyrrole nitrogens is 1. The van der Waals surface area contributed by atoms with Gasteiger partial charge in [0.25, 0.3) is 5.91 Å². The summed E-state index contributed by atoms with van der Waals surface area (Å²) in [7, 11) is 0.0210. The van der Waals surface area contributed by atoms with E-state index in [1.165, 1.54) is 24.3 Å². The van der Waals surface area contributed by atoms with Crippen LogP contribution in [0.3, 0.4) is 0 Å². The van der Waals surface area contributed by atoms with Crippen molar-refractivity contribution in [3.63, 3.8) is 0 Å². The Morgan fingerprint density at radius 2 is 1.64 bits per heavy atom. The summed E-state index contributed by atoms with van der Waals surface area (Å²) in [5, 5.41) is 13.0. The molecule has 1 fully saturated rings. The Balaban J connectivity index is 1.30. The van der Waals surface area contributed by atoms with Gasteiger partial charge >= 0.3 is 6.09 Å². The van der Waals surface area contributed by atoms with E-state index in [0.717, 1.165) is 31.9 Å². The largest absolute Gasteiger partial charge is 0.418 e. The molecule has 0 radical (unpaired) electrons. The average Bonchev–Trinajstić information content (AvgIpc) is 3.62. The summed E-state index contributed by atoms with van der Waals surface area (Å²) in [6.45, 7) is 3.36. The fraction of sp³-hybridized carbons (Fsp3) is 0.194. The molecule has 3 heterocycles. The van der Waals surface area contributed by atoms with E-state index in [-0.39, 0.29) is 26.9 Å². The van der Waals surface area contributed by atoms with Gasteiger partial charge in [0.1, 0.15) is 0 Å². The molecule has 3 N–H and O–H groups in total. The number of carbonyl (C=O) groups is 2. The third kappa shape index (κ3) is 5.87. The van der Waals surface area contributed by atoms with E-state index in [0.29, 0.717) is 16.8 Å². The number of carbonyl (C=O) groups excluding carboxylic acids is 2. The summed E-state index contributed by atoms with van der Waals surface area (Å²) in [4.78, 5) is 31.2.